The Labute approximate surface area is 94.8 Å². The first-order valence-electron chi connectivity index (χ1n) is 5.52. The van der Waals surface area contributed by atoms with Crippen LogP contribution in [-0.4, -0.2) is 6.04 Å². The first kappa shape index (κ1) is 9.22. The molecule has 0 bridgehead atoms. The molecule has 1 aliphatic carbocycles. The van der Waals surface area contributed by atoms with Crippen molar-refractivity contribution >= 4 is 11.6 Å². The fraction of sp³-hybridized carbons (Fsp3) is 0.0667. The van der Waals surface area contributed by atoms with Gasteiger partial charge in [0, 0.05) is 0 Å². The average Bonchev–Trinajstić information content (AvgIpc) is 2.33. The second-order valence-corrected chi connectivity index (χ2v) is 3.96. The average molecular weight is 207 g/mol. The summed E-state index contributed by atoms with van der Waals surface area (Å²) in [6.45, 7) is 0. The largest absolute Gasteiger partial charge is 0.381 e. The Kier molecular flexibility index (Phi) is 2.22. The third-order valence-corrected chi connectivity index (χ3v) is 2.95. The fourth-order valence-corrected chi connectivity index (χ4v) is 2.16. The second-order valence-electron chi connectivity index (χ2n) is 3.96. The number of rotatable bonds is 0. The highest BCUT2D eigenvalue weighted by atomic mass is 14.9. The topological polar surface area (TPSA) is 12.0 Å². The minimum absolute atomic E-state index is 0.288. The van der Waals surface area contributed by atoms with Crippen LogP contribution in [-0.2, 0) is 0 Å². The summed E-state index contributed by atoms with van der Waals surface area (Å²) in [4.78, 5) is 0. The summed E-state index contributed by atoms with van der Waals surface area (Å²) >= 11 is 0. The summed E-state index contributed by atoms with van der Waals surface area (Å²) in [5.74, 6) is 0. The van der Waals surface area contributed by atoms with Gasteiger partial charge >= 0.3 is 0 Å². The first-order chi connectivity index (χ1) is 7.95. The zero-order valence-corrected chi connectivity index (χ0v) is 8.93. The normalized spacial score (nSPS) is 24.6. The van der Waals surface area contributed by atoms with Gasteiger partial charge in [-0.25, -0.2) is 0 Å². The van der Waals surface area contributed by atoms with E-state index < -0.39 is 0 Å². The molecule has 0 saturated heterocycles. The van der Waals surface area contributed by atoms with Gasteiger partial charge in [0.05, 0.1) is 6.04 Å². The number of nitrogens with one attached hydrogen (secondary N) is 1. The Hall–Kier alpha value is -2.02. The van der Waals surface area contributed by atoms with Gasteiger partial charge in [-0.1, -0.05) is 54.6 Å². The predicted molar refractivity (Wildman–Crippen MR) is 67.9 cm³/mol. The number of hydrogen-bond donors (Lipinski definition) is 1. The summed E-state index contributed by atoms with van der Waals surface area (Å²) in [5.41, 5.74) is 1.33. The van der Waals surface area contributed by atoms with Gasteiger partial charge < -0.3 is 5.32 Å². The van der Waals surface area contributed by atoms with Crippen LogP contribution in [0.15, 0.2) is 60.8 Å². The van der Waals surface area contributed by atoms with Crippen LogP contribution < -0.4 is 15.8 Å². The van der Waals surface area contributed by atoms with Crippen molar-refractivity contribution < 1.29 is 0 Å². The summed E-state index contributed by atoms with van der Waals surface area (Å²) in [7, 11) is 0. The summed E-state index contributed by atoms with van der Waals surface area (Å²) in [5, 5.41) is 5.97. The van der Waals surface area contributed by atoms with Crippen molar-refractivity contribution in [3.8, 4) is 0 Å². The minimum Gasteiger partial charge on any atom is -0.381 e. The molecule has 0 radical (unpaired) electrons. The fourth-order valence-electron chi connectivity index (χ4n) is 2.16. The molecule has 1 aromatic rings. The van der Waals surface area contributed by atoms with Gasteiger partial charge in [0.15, 0.2) is 0 Å². The van der Waals surface area contributed by atoms with Crippen LogP contribution in [0.4, 0.5) is 0 Å². The van der Waals surface area contributed by atoms with E-state index in [-0.39, 0.29) is 6.04 Å². The standard InChI is InChI=1S/C15H13N/c1-2-8-13-12(6-1)7-5-11-16-15-10-4-3-9-14(13)15/h1-11,15-16H/b11-5?,12-7?,14-13-. The van der Waals surface area contributed by atoms with Crippen LogP contribution in [0.2, 0.25) is 0 Å². The summed E-state index contributed by atoms with van der Waals surface area (Å²) < 4.78 is 0. The molecule has 2 aliphatic rings. The van der Waals surface area contributed by atoms with Crippen molar-refractivity contribution in [1.82, 2.24) is 5.32 Å². The van der Waals surface area contributed by atoms with Crippen LogP contribution >= 0.6 is 0 Å². The maximum Gasteiger partial charge on any atom is 0.0701 e. The predicted octanol–water partition coefficient (Wildman–Crippen LogP) is 1.23. The van der Waals surface area contributed by atoms with Gasteiger partial charge in [-0.15, -0.1) is 0 Å². The van der Waals surface area contributed by atoms with E-state index in [0.717, 1.165) is 0 Å². The molecule has 1 heterocycles. The van der Waals surface area contributed by atoms with Crippen molar-refractivity contribution in [2.24, 2.45) is 0 Å². The van der Waals surface area contributed by atoms with Gasteiger partial charge in [-0.3, -0.25) is 0 Å². The molecule has 1 N–H and O–H groups in total. The molecule has 0 fully saturated rings. The zero-order chi connectivity index (χ0) is 10.8. The molecule has 1 nitrogen and oxygen atoms in total. The smallest absolute Gasteiger partial charge is 0.0701 e. The Bertz CT molecular complexity index is 603. The van der Waals surface area contributed by atoms with E-state index in [9.17, 15) is 0 Å². The molecule has 3 rings (SSSR count). The van der Waals surface area contributed by atoms with E-state index >= 15 is 0 Å². The molecular weight excluding hydrogens is 194 g/mol. The number of benzene rings is 1. The third-order valence-electron chi connectivity index (χ3n) is 2.95. The van der Waals surface area contributed by atoms with Crippen molar-refractivity contribution in [1.29, 1.82) is 0 Å². The minimum atomic E-state index is 0.288. The molecule has 78 valence electrons. The van der Waals surface area contributed by atoms with Crippen LogP contribution in [0.1, 0.15) is 0 Å². The molecule has 0 spiro atoms. The molecule has 1 aromatic carbocycles. The monoisotopic (exact) mass is 207 g/mol. The van der Waals surface area contributed by atoms with E-state index in [1.807, 2.05) is 6.20 Å². The molecule has 16 heavy (non-hydrogen) atoms. The van der Waals surface area contributed by atoms with Crippen LogP contribution in [0, 0.1) is 0 Å². The quantitative estimate of drug-likeness (QED) is 0.674. The first-order valence-corrected chi connectivity index (χ1v) is 5.52. The molecule has 0 amide bonds. The van der Waals surface area contributed by atoms with Gasteiger partial charge in [-0.05, 0) is 28.3 Å². The third kappa shape index (κ3) is 1.50. The van der Waals surface area contributed by atoms with E-state index in [2.05, 4.69) is 66.0 Å². The zero-order valence-electron chi connectivity index (χ0n) is 8.93. The number of allylic oxidation sites excluding steroid dienone is 3. The van der Waals surface area contributed by atoms with Crippen molar-refractivity contribution in [3.05, 3.63) is 71.3 Å². The lowest BCUT2D eigenvalue weighted by Crippen LogP contribution is -2.35. The lowest BCUT2D eigenvalue weighted by Gasteiger charge is -2.18. The molecule has 1 heteroatoms. The van der Waals surface area contributed by atoms with Crippen molar-refractivity contribution in [3.63, 3.8) is 0 Å². The summed E-state index contributed by atoms with van der Waals surface area (Å²) in [6, 6.07) is 8.79. The van der Waals surface area contributed by atoms with E-state index in [1.54, 1.807) is 0 Å². The molecule has 0 saturated carbocycles. The van der Waals surface area contributed by atoms with Crippen molar-refractivity contribution in [2.45, 2.75) is 6.04 Å². The molecule has 1 unspecified atom stereocenters. The summed E-state index contributed by atoms with van der Waals surface area (Å²) in [6.07, 6.45) is 14.7. The van der Waals surface area contributed by atoms with E-state index in [1.165, 1.54) is 16.0 Å². The van der Waals surface area contributed by atoms with Crippen LogP contribution in [0.25, 0.3) is 11.6 Å². The maximum absolute atomic E-state index is 3.38. The van der Waals surface area contributed by atoms with E-state index in [0.29, 0.717) is 0 Å². The molecule has 0 aromatic heterocycles. The van der Waals surface area contributed by atoms with Gasteiger partial charge in [-0.2, -0.15) is 0 Å². The Morgan fingerprint density at radius 1 is 1.00 bits per heavy atom. The second kappa shape index (κ2) is 3.86. The lowest BCUT2D eigenvalue weighted by molar-refractivity contribution is 0.850. The highest BCUT2D eigenvalue weighted by Gasteiger charge is 2.10. The Morgan fingerprint density at radius 2 is 1.94 bits per heavy atom. The highest BCUT2D eigenvalue weighted by molar-refractivity contribution is 5.67. The van der Waals surface area contributed by atoms with Crippen molar-refractivity contribution in [2.75, 3.05) is 0 Å². The van der Waals surface area contributed by atoms with Gasteiger partial charge in [0.2, 0.25) is 0 Å². The highest BCUT2D eigenvalue weighted by Crippen LogP contribution is 2.11. The molecular formula is C15H13N. The van der Waals surface area contributed by atoms with Gasteiger partial charge in [0.1, 0.15) is 0 Å². The molecule has 1 aliphatic heterocycles. The van der Waals surface area contributed by atoms with Crippen LogP contribution in [0.3, 0.4) is 0 Å². The Morgan fingerprint density at radius 3 is 2.94 bits per heavy atom. The lowest BCUT2D eigenvalue weighted by atomic mass is 9.97. The molecule has 1 atom stereocenters. The van der Waals surface area contributed by atoms with E-state index in [4.69, 9.17) is 0 Å². The van der Waals surface area contributed by atoms with Gasteiger partial charge in [0.25, 0.3) is 0 Å². The van der Waals surface area contributed by atoms with Crippen LogP contribution in [0.5, 0.6) is 0 Å². The number of hydrogen-bond acceptors (Lipinski definition) is 1. The Balaban J connectivity index is 2.40. The number of fused-ring (bicyclic) bond motifs is 2. The SMILES string of the molecule is C1=CNC2C=CC=C/C2=c2\ccccc2=C1. The maximum atomic E-state index is 3.38.